The molecule has 84 valence electrons. The fraction of sp³-hybridized carbons (Fsp3) is 0.286. The molecule has 16 heavy (non-hydrogen) atoms. The Hall–Kier alpha value is -1.28. The quantitative estimate of drug-likeness (QED) is 0.771. The first kappa shape index (κ1) is 11.2. The Morgan fingerprint density at radius 1 is 1.06 bits per heavy atom. The normalized spacial score (nSPS) is 11.7. The van der Waals surface area contributed by atoms with Gasteiger partial charge in [0.2, 0.25) is 0 Å². The average molecular weight is 232 g/mol. The summed E-state index contributed by atoms with van der Waals surface area (Å²) in [6.45, 7) is 6.33. The van der Waals surface area contributed by atoms with Crippen molar-refractivity contribution in [2.45, 2.75) is 26.2 Å². The number of phenols is 1. The van der Waals surface area contributed by atoms with Crippen LogP contribution in [0.25, 0.3) is 11.1 Å². The Morgan fingerprint density at radius 2 is 1.81 bits per heavy atom. The van der Waals surface area contributed by atoms with E-state index in [2.05, 4.69) is 43.7 Å². The third-order valence-corrected chi connectivity index (χ3v) is 3.34. The van der Waals surface area contributed by atoms with Crippen molar-refractivity contribution in [3.05, 3.63) is 40.6 Å². The second-order valence-electron chi connectivity index (χ2n) is 4.99. The molecule has 0 unspecified atom stereocenters. The van der Waals surface area contributed by atoms with E-state index in [9.17, 15) is 5.11 Å². The van der Waals surface area contributed by atoms with Crippen molar-refractivity contribution >= 4 is 11.3 Å². The highest BCUT2D eigenvalue weighted by molar-refractivity contribution is 7.08. The number of thiophene rings is 1. The van der Waals surface area contributed by atoms with Crippen molar-refractivity contribution in [2.24, 2.45) is 0 Å². The van der Waals surface area contributed by atoms with Crippen LogP contribution in [0, 0.1) is 0 Å². The van der Waals surface area contributed by atoms with Crippen LogP contribution in [0.3, 0.4) is 0 Å². The molecule has 1 aromatic carbocycles. The molecular weight excluding hydrogens is 216 g/mol. The van der Waals surface area contributed by atoms with E-state index in [1.807, 2.05) is 6.07 Å². The van der Waals surface area contributed by atoms with E-state index in [1.54, 1.807) is 17.4 Å². The summed E-state index contributed by atoms with van der Waals surface area (Å²) in [5.41, 5.74) is 3.35. The molecule has 0 saturated heterocycles. The minimum atomic E-state index is -0.0316. The van der Waals surface area contributed by atoms with Crippen molar-refractivity contribution in [2.75, 3.05) is 0 Å². The molecule has 2 heteroatoms. The fourth-order valence-corrected chi connectivity index (χ4v) is 2.41. The maximum atomic E-state index is 9.87. The van der Waals surface area contributed by atoms with Crippen molar-refractivity contribution in [3.8, 4) is 16.9 Å². The second kappa shape index (κ2) is 3.95. The summed E-state index contributed by atoms with van der Waals surface area (Å²) >= 11 is 1.69. The van der Waals surface area contributed by atoms with Crippen LogP contribution in [0.1, 0.15) is 26.3 Å². The maximum Gasteiger partial charge on any atom is 0.119 e. The predicted molar refractivity (Wildman–Crippen MR) is 70.1 cm³/mol. The zero-order valence-corrected chi connectivity index (χ0v) is 10.6. The molecule has 1 heterocycles. The van der Waals surface area contributed by atoms with E-state index in [4.69, 9.17) is 0 Å². The summed E-state index contributed by atoms with van der Waals surface area (Å²) in [6.07, 6.45) is 0. The lowest BCUT2D eigenvalue weighted by atomic mass is 9.85. The van der Waals surface area contributed by atoms with Gasteiger partial charge in [0.05, 0.1) is 0 Å². The van der Waals surface area contributed by atoms with E-state index in [0.29, 0.717) is 5.75 Å². The molecule has 1 aromatic heterocycles. The van der Waals surface area contributed by atoms with Crippen molar-refractivity contribution in [1.29, 1.82) is 0 Å². The van der Waals surface area contributed by atoms with Crippen LogP contribution in [0.4, 0.5) is 0 Å². The molecule has 0 atom stereocenters. The Morgan fingerprint density at radius 3 is 2.38 bits per heavy atom. The molecule has 0 aliphatic heterocycles. The summed E-state index contributed by atoms with van der Waals surface area (Å²) in [7, 11) is 0. The summed E-state index contributed by atoms with van der Waals surface area (Å²) in [5.74, 6) is 0.381. The van der Waals surface area contributed by atoms with Crippen molar-refractivity contribution in [3.63, 3.8) is 0 Å². The molecule has 0 amide bonds. The van der Waals surface area contributed by atoms with Crippen LogP contribution in [0.2, 0.25) is 0 Å². The molecule has 2 rings (SSSR count). The van der Waals surface area contributed by atoms with Gasteiger partial charge in [-0.2, -0.15) is 11.3 Å². The highest BCUT2D eigenvalue weighted by atomic mass is 32.1. The van der Waals surface area contributed by atoms with Gasteiger partial charge in [-0.15, -0.1) is 0 Å². The third-order valence-electron chi connectivity index (χ3n) is 2.66. The van der Waals surface area contributed by atoms with Gasteiger partial charge in [-0.05, 0) is 51.1 Å². The number of hydrogen-bond donors (Lipinski definition) is 1. The smallest absolute Gasteiger partial charge is 0.119 e. The zero-order chi connectivity index (χ0) is 11.8. The largest absolute Gasteiger partial charge is 0.508 e. The molecule has 0 bridgehead atoms. The molecule has 0 radical (unpaired) electrons. The highest BCUT2D eigenvalue weighted by Crippen LogP contribution is 2.34. The third kappa shape index (κ3) is 2.12. The molecule has 2 aromatic rings. The Balaban J connectivity index is 2.52. The highest BCUT2D eigenvalue weighted by Gasteiger charge is 2.18. The van der Waals surface area contributed by atoms with E-state index in [-0.39, 0.29) is 5.41 Å². The van der Waals surface area contributed by atoms with Gasteiger partial charge in [0.25, 0.3) is 0 Å². The lowest BCUT2D eigenvalue weighted by molar-refractivity contribution is 0.447. The summed E-state index contributed by atoms with van der Waals surface area (Å²) < 4.78 is 0. The van der Waals surface area contributed by atoms with Crippen LogP contribution in [-0.2, 0) is 5.41 Å². The van der Waals surface area contributed by atoms with Crippen molar-refractivity contribution in [1.82, 2.24) is 0 Å². The molecular formula is C14H16OS. The lowest BCUT2D eigenvalue weighted by Gasteiger charge is -2.21. The van der Waals surface area contributed by atoms with Crippen LogP contribution >= 0.6 is 11.3 Å². The molecule has 0 aliphatic rings. The van der Waals surface area contributed by atoms with Gasteiger partial charge in [-0.1, -0.05) is 26.8 Å². The first-order valence-electron chi connectivity index (χ1n) is 5.34. The van der Waals surface area contributed by atoms with E-state index < -0.39 is 0 Å². The fourth-order valence-electron chi connectivity index (χ4n) is 1.75. The van der Waals surface area contributed by atoms with E-state index in [1.165, 1.54) is 11.1 Å². The van der Waals surface area contributed by atoms with Crippen LogP contribution < -0.4 is 0 Å². The summed E-state index contributed by atoms with van der Waals surface area (Å²) in [6, 6.07) is 7.93. The SMILES string of the molecule is CC(C)(C)c1cc(-c2ccsc2)ccc1O. The number of benzene rings is 1. The molecule has 0 fully saturated rings. The van der Waals surface area contributed by atoms with Crippen molar-refractivity contribution < 1.29 is 5.11 Å². The predicted octanol–water partition coefficient (Wildman–Crippen LogP) is 4.42. The van der Waals surface area contributed by atoms with Crippen LogP contribution in [0.5, 0.6) is 5.75 Å². The van der Waals surface area contributed by atoms with Gasteiger partial charge in [-0.3, -0.25) is 0 Å². The van der Waals surface area contributed by atoms with E-state index >= 15 is 0 Å². The Bertz CT molecular complexity index is 478. The van der Waals surface area contributed by atoms with Gasteiger partial charge < -0.3 is 5.11 Å². The van der Waals surface area contributed by atoms with Gasteiger partial charge in [0, 0.05) is 0 Å². The second-order valence-corrected chi connectivity index (χ2v) is 5.77. The van der Waals surface area contributed by atoms with Gasteiger partial charge in [-0.25, -0.2) is 0 Å². The van der Waals surface area contributed by atoms with E-state index in [0.717, 1.165) is 5.56 Å². The molecule has 0 aliphatic carbocycles. The lowest BCUT2D eigenvalue weighted by Crippen LogP contribution is -2.11. The first-order valence-corrected chi connectivity index (χ1v) is 6.29. The topological polar surface area (TPSA) is 20.2 Å². The van der Waals surface area contributed by atoms with Crippen LogP contribution in [0.15, 0.2) is 35.0 Å². The van der Waals surface area contributed by atoms with Gasteiger partial charge in [0.1, 0.15) is 5.75 Å². The minimum Gasteiger partial charge on any atom is -0.508 e. The number of aromatic hydroxyl groups is 1. The number of rotatable bonds is 1. The molecule has 1 nitrogen and oxygen atoms in total. The zero-order valence-electron chi connectivity index (χ0n) is 9.82. The Kier molecular flexibility index (Phi) is 2.76. The molecule has 0 saturated carbocycles. The molecule has 0 spiro atoms. The van der Waals surface area contributed by atoms with Crippen LogP contribution in [-0.4, -0.2) is 5.11 Å². The Labute approximate surface area is 100 Å². The molecule has 1 N–H and O–H groups in total. The number of hydrogen-bond acceptors (Lipinski definition) is 2. The summed E-state index contributed by atoms with van der Waals surface area (Å²) in [5, 5.41) is 14.1. The monoisotopic (exact) mass is 232 g/mol. The van der Waals surface area contributed by atoms with Gasteiger partial charge in [0.15, 0.2) is 0 Å². The average Bonchev–Trinajstić information content (AvgIpc) is 2.69. The number of phenolic OH excluding ortho intramolecular Hbond substituents is 1. The maximum absolute atomic E-state index is 9.87. The first-order chi connectivity index (χ1) is 7.48. The standard InChI is InChI=1S/C14H16OS/c1-14(2,3)12-8-10(4-5-13(12)15)11-6-7-16-9-11/h4-9,15H,1-3H3. The summed E-state index contributed by atoms with van der Waals surface area (Å²) in [4.78, 5) is 0. The minimum absolute atomic E-state index is 0.0316. The van der Waals surface area contributed by atoms with Gasteiger partial charge >= 0.3 is 0 Å².